The van der Waals surface area contributed by atoms with Gasteiger partial charge in [0.25, 0.3) is 0 Å². The van der Waals surface area contributed by atoms with Gasteiger partial charge in [-0.05, 0) is 40.3 Å². The molecule has 1 rings (SSSR count). The van der Waals surface area contributed by atoms with Crippen LogP contribution in [0, 0.1) is 3.57 Å². The summed E-state index contributed by atoms with van der Waals surface area (Å²) < 4.78 is 5.59. The molecule has 14 heavy (non-hydrogen) atoms. The lowest BCUT2D eigenvalue weighted by Crippen LogP contribution is -2.22. The second-order valence-electron chi connectivity index (χ2n) is 2.56. The fourth-order valence-corrected chi connectivity index (χ4v) is 1.53. The molecular weight excluding hydrogens is 316 g/mol. The number of ether oxygens (including phenoxy) is 1. The van der Waals surface area contributed by atoms with Gasteiger partial charge in [0.1, 0.15) is 6.04 Å². The van der Waals surface area contributed by atoms with Crippen molar-refractivity contribution >= 4 is 41.0 Å². The Labute approximate surface area is 103 Å². The van der Waals surface area contributed by atoms with Crippen LogP contribution in [0.5, 0.6) is 0 Å². The molecule has 2 N–H and O–H groups in total. The molecule has 0 aliphatic heterocycles. The highest BCUT2D eigenvalue weighted by molar-refractivity contribution is 14.1. The molecular formula is C9H11ClINO2. The molecule has 0 aromatic heterocycles. The molecule has 0 bridgehead atoms. The Kier molecular flexibility index (Phi) is 6.06. The molecule has 1 aromatic carbocycles. The van der Waals surface area contributed by atoms with E-state index in [9.17, 15) is 4.79 Å². The summed E-state index contributed by atoms with van der Waals surface area (Å²) in [4.78, 5) is 11.1. The molecule has 5 heteroatoms. The molecule has 0 unspecified atom stereocenters. The Morgan fingerprint density at radius 3 is 2.71 bits per heavy atom. The minimum atomic E-state index is -0.681. The van der Waals surface area contributed by atoms with Gasteiger partial charge in [-0.2, -0.15) is 0 Å². The van der Waals surface area contributed by atoms with Crippen molar-refractivity contribution in [2.75, 3.05) is 7.11 Å². The number of carbonyl (C=O) groups excluding carboxylic acids is 1. The van der Waals surface area contributed by atoms with Gasteiger partial charge in [0.2, 0.25) is 0 Å². The largest absolute Gasteiger partial charge is 0.468 e. The lowest BCUT2D eigenvalue weighted by Gasteiger charge is -2.09. The van der Waals surface area contributed by atoms with Crippen molar-refractivity contribution in [1.82, 2.24) is 0 Å². The van der Waals surface area contributed by atoms with E-state index in [0.717, 1.165) is 9.13 Å². The molecule has 0 radical (unpaired) electrons. The Morgan fingerprint density at radius 2 is 2.21 bits per heavy atom. The highest BCUT2D eigenvalue weighted by Gasteiger charge is 2.15. The van der Waals surface area contributed by atoms with Crippen molar-refractivity contribution in [3.8, 4) is 0 Å². The number of benzene rings is 1. The first-order valence-corrected chi connectivity index (χ1v) is 4.82. The number of hydrogen-bond acceptors (Lipinski definition) is 3. The number of nitrogens with two attached hydrogens (primary N) is 1. The monoisotopic (exact) mass is 327 g/mol. The fourth-order valence-electron chi connectivity index (χ4n) is 0.963. The van der Waals surface area contributed by atoms with Gasteiger partial charge >= 0.3 is 5.97 Å². The van der Waals surface area contributed by atoms with Crippen molar-refractivity contribution in [2.24, 2.45) is 5.73 Å². The average molecular weight is 328 g/mol. The molecule has 0 saturated carbocycles. The normalized spacial score (nSPS) is 11.4. The number of hydrogen-bond donors (Lipinski definition) is 1. The summed E-state index contributed by atoms with van der Waals surface area (Å²) in [5, 5.41) is 0. The molecule has 1 aromatic rings. The van der Waals surface area contributed by atoms with Crippen molar-refractivity contribution in [3.63, 3.8) is 0 Å². The van der Waals surface area contributed by atoms with E-state index in [-0.39, 0.29) is 12.4 Å². The summed E-state index contributed by atoms with van der Waals surface area (Å²) in [5.74, 6) is -0.415. The maximum atomic E-state index is 11.1. The van der Waals surface area contributed by atoms with Crippen LogP contribution in [0.4, 0.5) is 0 Å². The molecule has 0 aliphatic rings. The van der Waals surface area contributed by atoms with Gasteiger partial charge in [-0.15, -0.1) is 12.4 Å². The van der Waals surface area contributed by atoms with Crippen molar-refractivity contribution < 1.29 is 9.53 Å². The molecule has 0 aliphatic carbocycles. The zero-order chi connectivity index (χ0) is 9.84. The zero-order valence-electron chi connectivity index (χ0n) is 7.57. The third-order valence-corrected chi connectivity index (χ3v) is 2.33. The topological polar surface area (TPSA) is 52.3 Å². The first-order chi connectivity index (χ1) is 6.15. The maximum Gasteiger partial charge on any atom is 0.327 e. The summed E-state index contributed by atoms with van der Waals surface area (Å²) in [6.07, 6.45) is 0. The van der Waals surface area contributed by atoms with Gasteiger partial charge in [-0.1, -0.05) is 12.1 Å². The molecule has 1 atom stereocenters. The zero-order valence-corrected chi connectivity index (χ0v) is 10.5. The van der Waals surface area contributed by atoms with E-state index < -0.39 is 12.0 Å². The number of carbonyl (C=O) groups is 1. The highest BCUT2D eigenvalue weighted by Crippen LogP contribution is 2.14. The number of halogens is 2. The van der Waals surface area contributed by atoms with E-state index in [4.69, 9.17) is 5.73 Å². The first-order valence-electron chi connectivity index (χ1n) is 3.74. The number of esters is 1. The summed E-state index contributed by atoms with van der Waals surface area (Å²) in [6, 6.07) is 6.79. The van der Waals surface area contributed by atoms with E-state index in [1.807, 2.05) is 24.3 Å². The minimum absolute atomic E-state index is 0. The second kappa shape index (κ2) is 6.21. The quantitative estimate of drug-likeness (QED) is 0.666. The van der Waals surface area contributed by atoms with Gasteiger partial charge in [-0.25, -0.2) is 0 Å². The van der Waals surface area contributed by atoms with Crippen LogP contribution in [-0.2, 0) is 9.53 Å². The third-order valence-electron chi connectivity index (χ3n) is 1.66. The standard InChI is InChI=1S/C9H10INO2.ClH/c1-13-9(12)8(11)6-3-2-4-7(10)5-6;/h2-5,8H,11H2,1H3;1H/t8-;/m0./s1. The summed E-state index contributed by atoms with van der Waals surface area (Å²) in [6.45, 7) is 0. The van der Waals surface area contributed by atoms with Crippen LogP contribution in [0.3, 0.4) is 0 Å². The molecule has 0 heterocycles. The van der Waals surface area contributed by atoms with Crippen LogP contribution in [0.2, 0.25) is 0 Å². The smallest absolute Gasteiger partial charge is 0.327 e. The van der Waals surface area contributed by atoms with Crippen LogP contribution in [0.1, 0.15) is 11.6 Å². The van der Waals surface area contributed by atoms with E-state index in [1.165, 1.54) is 7.11 Å². The predicted molar refractivity (Wildman–Crippen MR) is 65.4 cm³/mol. The van der Waals surface area contributed by atoms with E-state index in [0.29, 0.717) is 0 Å². The highest BCUT2D eigenvalue weighted by atomic mass is 127. The summed E-state index contributed by atoms with van der Waals surface area (Å²) in [7, 11) is 1.33. The van der Waals surface area contributed by atoms with Crippen molar-refractivity contribution in [2.45, 2.75) is 6.04 Å². The average Bonchev–Trinajstić information content (AvgIpc) is 2.15. The molecule has 78 valence electrons. The minimum Gasteiger partial charge on any atom is -0.468 e. The summed E-state index contributed by atoms with van der Waals surface area (Å²) in [5.41, 5.74) is 6.42. The molecule has 0 amide bonds. The van der Waals surface area contributed by atoms with Gasteiger partial charge in [0.05, 0.1) is 7.11 Å². The Bertz CT molecular complexity index is 319. The lowest BCUT2D eigenvalue weighted by atomic mass is 10.1. The van der Waals surface area contributed by atoms with E-state index in [1.54, 1.807) is 0 Å². The molecule has 0 fully saturated rings. The van der Waals surface area contributed by atoms with E-state index in [2.05, 4.69) is 27.3 Å². The molecule has 0 saturated heterocycles. The van der Waals surface area contributed by atoms with E-state index >= 15 is 0 Å². The van der Waals surface area contributed by atoms with Crippen LogP contribution >= 0.6 is 35.0 Å². The van der Waals surface area contributed by atoms with Crippen molar-refractivity contribution in [3.05, 3.63) is 33.4 Å². The Hall–Kier alpha value is -0.330. The van der Waals surface area contributed by atoms with Gasteiger partial charge in [-0.3, -0.25) is 4.79 Å². The lowest BCUT2D eigenvalue weighted by molar-refractivity contribution is -0.142. The van der Waals surface area contributed by atoms with Crippen molar-refractivity contribution in [1.29, 1.82) is 0 Å². The fraction of sp³-hybridized carbons (Fsp3) is 0.222. The van der Waals surface area contributed by atoms with Crippen LogP contribution in [0.25, 0.3) is 0 Å². The Morgan fingerprint density at radius 1 is 1.57 bits per heavy atom. The van der Waals surface area contributed by atoms with Gasteiger partial charge in [0, 0.05) is 3.57 Å². The summed E-state index contributed by atoms with van der Waals surface area (Å²) >= 11 is 2.17. The number of methoxy groups -OCH3 is 1. The molecule has 3 nitrogen and oxygen atoms in total. The van der Waals surface area contributed by atoms with Crippen LogP contribution in [0.15, 0.2) is 24.3 Å². The predicted octanol–water partition coefficient (Wildman–Crippen LogP) is 1.89. The Balaban J connectivity index is 0.00000169. The third kappa shape index (κ3) is 3.43. The second-order valence-corrected chi connectivity index (χ2v) is 3.80. The molecule has 0 spiro atoms. The van der Waals surface area contributed by atoms with Crippen LogP contribution < -0.4 is 5.73 Å². The van der Waals surface area contributed by atoms with Gasteiger partial charge in [0.15, 0.2) is 0 Å². The SMILES string of the molecule is COC(=O)[C@@H](N)c1cccc(I)c1.Cl. The number of rotatable bonds is 2. The van der Waals surface area contributed by atoms with Gasteiger partial charge < -0.3 is 10.5 Å². The maximum absolute atomic E-state index is 11.1. The van der Waals surface area contributed by atoms with Crippen LogP contribution in [-0.4, -0.2) is 13.1 Å². The first kappa shape index (κ1) is 13.7.